The Morgan fingerprint density at radius 2 is 2.06 bits per heavy atom. The van der Waals surface area contributed by atoms with Crippen LogP contribution in [-0.2, 0) is 0 Å². The lowest BCUT2D eigenvalue weighted by molar-refractivity contribution is 0.379. The van der Waals surface area contributed by atoms with Crippen molar-refractivity contribution in [2.75, 3.05) is 13.7 Å². The average Bonchev–Trinajstić information content (AvgIpc) is 2.29. The average molecular weight is 225 g/mol. The van der Waals surface area contributed by atoms with E-state index in [0.717, 1.165) is 6.54 Å². The van der Waals surface area contributed by atoms with Crippen molar-refractivity contribution in [3.63, 3.8) is 0 Å². The van der Waals surface area contributed by atoms with Gasteiger partial charge in [-0.3, -0.25) is 0 Å². The van der Waals surface area contributed by atoms with Gasteiger partial charge in [0.15, 0.2) is 11.6 Å². The topological polar surface area (TPSA) is 21.3 Å². The van der Waals surface area contributed by atoms with Crippen LogP contribution in [-0.4, -0.2) is 19.7 Å². The maximum atomic E-state index is 14.0. The maximum Gasteiger partial charge on any atom is 0.168 e. The van der Waals surface area contributed by atoms with Crippen LogP contribution in [0.5, 0.6) is 5.75 Å². The van der Waals surface area contributed by atoms with E-state index in [1.807, 2.05) is 26.0 Å². The highest BCUT2D eigenvalue weighted by Crippen LogP contribution is 2.27. The molecule has 3 heteroatoms. The van der Waals surface area contributed by atoms with Crippen LogP contribution in [0.2, 0.25) is 0 Å². The van der Waals surface area contributed by atoms with Crippen molar-refractivity contribution in [3.8, 4) is 5.75 Å². The van der Waals surface area contributed by atoms with E-state index in [0.29, 0.717) is 11.3 Å². The minimum Gasteiger partial charge on any atom is -0.494 e. The van der Waals surface area contributed by atoms with Crippen molar-refractivity contribution in [3.05, 3.63) is 29.6 Å². The van der Waals surface area contributed by atoms with Gasteiger partial charge in [-0.25, -0.2) is 4.39 Å². The molecule has 1 aromatic rings. The zero-order chi connectivity index (χ0) is 12.1. The lowest BCUT2D eigenvalue weighted by Crippen LogP contribution is -2.31. The summed E-state index contributed by atoms with van der Waals surface area (Å²) in [7, 11) is 1.49. The summed E-state index contributed by atoms with van der Waals surface area (Å²) in [4.78, 5) is 0. The van der Waals surface area contributed by atoms with Crippen molar-refractivity contribution in [2.24, 2.45) is 0 Å². The van der Waals surface area contributed by atoms with Gasteiger partial charge >= 0.3 is 0 Å². The van der Waals surface area contributed by atoms with Crippen LogP contribution in [0.25, 0.3) is 0 Å². The summed E-state index contributed by atoms with van der Waals surface area (Å²) in [6.07, 6.45) is 0. The molecule has 90 valence electrons. The van der Waals surface area contributed by atoms with Crippen molar-refractivity contribution >= 4 is 0 Å². The molecule has 1 N–H and O–H groups in total. The molecular formula is C13H20FNO. The quantitative estimate of drug-likeness (QED) is 0.832. The summed E-state index contributed by atoms with van der Waals surface area (Å²) < 4.78 is 19.0. The van der Waals surface area contributed by atoms with E-state index in [1.54, 1.807) is 6.07 Å². The Kier molecular flexibility index (Phi) is 4.74. The first-order valence-electron chi connectivity index (χ1n) is 5.67. The first-order chi connectivity index (χ1) is 7.61. The van der Waals surface area contributed by atoms with Crippen LogP contribution < -0.4 is 10.1 Å². The van der Waals surface area contributed by atoms with Gasteiger partial charge in [0.25, 0.3) is 0 Å². The monoisotopic (exact) mass is 225 g/mol. The highest BCUT2D eigenvalue weighted by atomic mass is 19.1. The highest BCUT2D eigenvalue weighted by molar-refractivity contribution is 5.33. The molecule has 2 nitrogen and oxygen atoms in total. The van der Waals surface area contributed by atoms with Gasteiger partial charge in [0.1, 0.15) is 0 Å². The fourth-order valence-electron chi connectivity index (χ4n) is 1.81. The van der Waals surface area contributed by atoms with Crippen molar-refractivity contribution in [2.45, 2.75) is 32.7 Å². The van der Waals surface area contributed by atoms with E-state index < -0.39 is 0 Å². The number of halogens is 1. The van der Waals surface area contributed by atoms with Gasteiger partial charge in [-0.15, -0.1) is 0 Å². The number of benzene rings is 1. The van der Waals surface area contributed by atoms with Crippen molar-refractivity contribution in [1.29, 1.82) is 0 Å². The molecule has 2 unspecified atom stereocenters. The third kappa shape index (κ3) is 2.73. The summed E-state index contributed by atoms with van der Waals surface area (Å²) in [6.45, 7) is 7.01. The number of hydrogen-bond donors (Lipinski definition) is 1. The number of hydrogen-bond acceptors (Lipinski definition) is 2. The molecule has 0 aliphatic carbocycles. The van der Waals surface area contributed by atoms with Gasteiger partial charge in [0, 0.05) is 6.04 Å². The van der Waals surface area contributed by atoms with E-state index in [1.165, 1.54) is 7.11 Å². The molecule has 0 amide bonds. The molecule has 0 radical (unpaired) electrons. The van der Waals surface area contributed by atoms with Gasteiger partial charge < -0.3 is 10.1 Å². The Morgan fingerprint density at radius 1 is 1.38 bits per heavy atom. The normalized spacial score (nSPS) is 14.6. The summed E-state index contributed by atoms with van der Waals surface area (Å²) in [5.41, 5.74) is 0.702. The second kappa shape index (κ2) is 5.85. The second-order valence-electron chi connectivity index (χ2n) is 4.00. The molecular weight excluding hydrogens is 205 g/mol. The standard InChI is InChI=1S/C13H20FNO/c1-5-15-10(3)9(2)11-7-6-8-12(16-4)13(11)14/h6-10,15H,5H2,1-4H3. The van der Waals surface area contributed by atoms with Crippen LogP contribution in [0, 0.1) is 5.82 Å². The zero-order valence-corrected chi connectivity index (χ0v) is 10.4. The molecule has 0 heterocycles. The minimum absolute atomic E-state index is 0.120. The van der Waals surface area contributed by atoms with Crippen LogP contribution in [0.15, 0.2) is 18.2 Å². The molecule has 0 saturated heterocycles. The van der Waals surface area contributed by atoms with Gasteiger partial charge in [-0.05, 0) is 31.0 Å². The predicted molar refractivity (Wildman–Crippen MR) is 64.5 cm³/mol. The fourth-order valence-corrected chi connectivity index (χ4v) is 1.81. The lowest BCUT2D eigenvalue weighted by atomic mass is 9.93. The first kappa shape index (κ1) is 13.0. The van der Waals surface area contributed by atoms with Crippen LogP contribution in [0.4, 0.5) is 4.39 Å². The first-order valence-corrected chi connectivity index (χ1v) is 5.67. The Bertz CT molecular complexity index is 341. The largest absolute Gasteiger partial charge is 0.494 e. The van der Waals surface area contributed by atoms with E-state index in [2.05, 4.69) is 12.2 Å². The van der Waals surface area contributed by atoms with Gasteiger partial charge in [0.2, 0.25) is 0 Å². The van der Waals surface area contributed by atoms with E-state index in [9.17, 15) is 4.39 Å². The SMILES string of the molecule is CCNC(C)C(C)c1cccc(OC)c1F. The molecule has 0 aromatic heterocycles. The zero-order valence-electron chi connectivity index (χ0n) is 10.4. The molecule has 0 fully saturated rings. The van der Waals surface area contributed by atoms with Crippen molar-refractivity contribution in [1.82, 2.24) is 5.32 Å². The third-order valence-corrected chi connectivity index (χ3v) is 2.98. The number of methoxy groups -OCH3 is 1. The van der Waals surface area contributed by atoms with E-state index in [4.69, 9.17) is 4.74 Å². The molecule has 2 atom stereocenters. The number of ether oxygens (including phenoxy) is 1. The third-order valence-electron chi connectivity index (χ3n) is 2.98. The van der Waals surface area contributed by atoms with E-state index >= 15 is 0 Å². The lowest BCUT2D eigenvalue weighted by Gasteiger charge is -2.22. The highest BCUT2D eigenvalue weighted by Gasteiger charge is 2.19. The molecule has 0 saturated carbocycles. The molecule has 0 aliphatic rings. The van der Waals surface area contributed by atoms with Crippen LogP contribution in [0.3, 0.4) is 0 Å². The van der Waals surface area contributed by atoms with Crippen LogP contribution in [0.1, 0.15) is 32.3 Å². The van der Waals surface area contributed by atoms with Gasteiger partial charge in [-0.1, -0.05) is 26.0 Å². The molecule has 1 aromatic carbocycles. The summed E-state index contributed by atoms with van der Waals surface area (Å²) in [5.74, 6) is 0.186. The summed E-state index contributed by atoms with van der Waals surface area (Å²) >= 11 is 0. The van der Waals surface area contributed by atoms with Gasteiger partial charge in [-0.2, -0.15) is 0 Å². The van der Waals surface area contributed by atoms with E-state index in [-0.39, 0.29) is 17.8 Å². The molecule has 0 aliphatic heterocycles. The van der Waals surface area contributed by atoms with Crippen LogP contribution >= 0.6 is 0 Å². The smallest absolute Gasteiger partial charge is 0.168 e. The molecule has 16 heavy (non-hydrogen) atoms. The summed E-state index contributed by atoms with van der Waals surface area (Å²) in [5, 5.41) is 3.30. The Balaban J connectivity index is 2.94. The molecule has 1 rings (SSSR count). The Hall–Kier alpha value is -1.09. The second-order valence-corrected chi connectivity index (χ2v) is 4.00. The van der Waals surface area contributed by atoms with Gasteiger partial charge in [0.05, 0.1) is 7.11 Å². The molecule has 0 bridgehead atoms. The summed E-state index contributed by atoms with van der Waals surface area (Å²) in [6, 6.07) is 5.53. The Labute approximate surface area is 96.8 Å². The predicted octanol–water partition coefficient (Wildman–Crippen LogP) is 2.94. The minimum atomic E-state index is -0.248. The number of rotatable bonds is 5. The fraction of sp³-hybridized carbons (Fsp3) is 0.538. The Morgan fingerprint density at radius 3 is 2.62 bits per heavy atom. The number of nitrogens with one attached hydrogen (secondary N) is 1. The van der Waals surface area contributed by atoms with Crippen molar-refractivity contribution < 1.29 is 9.13 Å². The molecule has 0 spiro atoms. The number of likely N-dealkylation sites (N-methyl/N-ethyl adjacent to an activating group) is 1. The maximum absolute atomic E-state index is 14.0.